The van der Waals surface area contributed by atoms with Gasteiger partial charge in [0.2, 0.25) is 5.95 Å². The molecular formula is C34H43BrFN8O2P. The largest absolute Gasteiger partial charge is 0.494 e. The second kappa shape index (κ2) is 13.9. The van der Waals surface area contributed by atoms with Crippen LogP contribution in [0.4, 0.5) is 33.2 Å². The van der Waals surface area contributed by atoms with Crippen molar-refractivity contribution in [1.82, 2.24) is 24.6 Å². The maximum atomic E-state index is 13.0. The predicted molar refractivity (Wildman–Crippen MR) is 193 cm³/mol. The lowest BCUT2D eigenvalue weighted by molar-refractivity contribution is 0.0764. The molecule has 2 aliphatic heterocycles. The number of nitrogens with zero attached hydrogens (tertiary/aromatic N) is 6. The normalized spacial score (nSPS) is 16.8. The molecule has 0 saturated carbocycles. The van der Waals surface area contributed by atoms with Gasteiger partial charge < -0.3 is 29.7 Å². The first-order valence-electron chi connectivity index (χ1n) is 16.0. The molecule has 0 amide bonds. The van der Waals surface area contributed by atoms with E-state index in [0.717, 1.165) is 85.4 Å². The minimum absolute atomic E-state index is 0.271. The Labute approximate surface area is 284 Å². The van der Waals surface area contributed by atoms with Crippen molar-refractivity contribution in [1.29, 1.82) is 0 Å². The zero-order valence-electron chi connectivity index (χ0n) is 27.5. The van der Waals surface area contributed by atoms with Crippen LogP contribution in [0.15, 0.2) is 59.5 Å². The summed E-state index contributed by atoms with van der Waals surface area (Å²) in [6.45, 7) is 7.65. The highest BCUT2D eigenvalue weighted by atomic mass is 79.9. The van der Waals surface area contributed by atoms with Crippen LogP contribution in [0.25, 0.3) is 11.1 Å². The van der Waals surface area contributed by atoms with Gasteiger partial charge in [0, 0.05) is 67.3 Å². The Hall–Kier alpha value is -3.47. The monoisotopic (exact) mass is 724 g/mol. The standard InChI is InChI=1S/C34H43BrFN8O2P/c1-42-23-24(21-38-42)25-19-28(40-33-37-22-26(35)32(41-33)39-27-7-5-6-8-31(27)47(3,4)45)30(46-2)20-29(25)44-16-11-34(12-17-44)9-14-43(15-10-34)18-13-36/h5-8,19-23H,9-18H2,1-4H3,(H2,37,39,40,41). The molecule has 2 aliphatic rings. The summed E-state index contributed by atoms with van der Waals surface area (Å²) >= 11 is 3.57. The van der Waals surface area contributed by atoms with E-state index in [0.29, 0.717) is 33.9 Å². The van der Waals surface area contributed by atoms with Crippen LogP contribution in [0.5, 0.6) is 5.75 Å². The van der Waals surface area contributed by atoms with Crippen LogP contribution in [0, 0.1) is 5.41 Å². The molecular weight excluding hydrogens is 682 g/mol. The zero-order chi connectivity index (χ0) is 33.2. The molecule has 4 aromatic rings. The van der Waals surface area contributed by atoms with Crippen molar-refractivity contribution >= 4 is 57.2 Å². The summed E-state index contributed by atoms with van der Waals surface area (Å²) in [5.74, 6) is 1.60. The number of hydrogen-bond acceptors (Lipinski definition) is 9. The maximum absolute atomic E-state index is 13.0. The summed E-state index contributed by atoms with van der Waals surface area (Å²) in [7, 11) is 1.06. The molecule has 10 nitrogen and oxygen atoms in total. The second-order valence-corrected chi connectivity index (χ2v) is 17.0. The summed E-state index contributed by atoms with van der Waals surface area (Å²) in [5.41, 5.74) is 4.95. The maximum Gasteiger partial charge on any atom is 0.229 e. The van der Waals surface area contributed by atoms with Crippen LogP contribution < -0.4 is 25.6 Å². The Kier molecular flexibility index (Phi) is 9.92. The van der Waals surface area contributed by atoms with E-state index >= 15 is 0 Å². The minimum atomic E-state index is -2.53. The van der Waals surface area contributed by atoms with Crippen LogP contribution in [0.1, 0.15) is 25.7 Å². The summed E-state index contributed by atoms with van der Waals surface area (Å²) in [6.07, 6.45) is 10.1. The number of methoxy groups -OCH3 is 1. The van der Waals surface area contributed by atoms with Gasteiger partial charge in [-0.2, -0.15) is 10.1 Å². The van der Waals surface area contributed by atoms with Crippen LogP contribution in [-0.2, 0) is 11.6 Å². The van der Waals surface area contributed by atoms with E-state index in [2.05, 4.69) is 58.6 Å². The molecule has 2 N–H and O–H groups in total. The van der Waals surface area contributed by atoms with Crippen LogP contribution in [0.3, 0.4) is 0 Å². The Morgan fingerprint density at radius 3 is 2.40 bits per heavy atom. The van der Waals surface area contributed by atoms with Gasteiger partial charge in [-0.3, -0.25) is 4.68 Å². The van der Waals surface area contributed by atoms with Gasteiger partial charge in [0.05, 0.1) is 29.2 Å². The van der Waals surface area contributed by atoms with Crippen molar-refractivity contribution in [2.75, 3.05) is 75.4 Å². The van der Waals surface area contributed by atoms with E-state index in [-0.39, 0.29) is 6.67 Å². The number of para-hydroxylation sites is 1. The number of anilines is 5. The molecule has 0 radical (unpaired) electrons. The lowest BCUT2D eigenvalue weighted by Gasteiger charge is -2.47. The average molecular weight is 726 g/mol. The molecule has 250 valence electrons. The van der Waals surface area contributed by atoms with Gasteiger partial charge >= 0.3 is 0 Å². The lowest BCUT2D eigenvalue weighted by Crippen LogP contribution is -2.47. The topological polar surface area (TPSA) is 100 Å². The number of aryl methyl sites for hydroxylation is 1. The fourth-order valence-electron chi connectivity index (χ4n) is 6.79. The number of hydrogen-bond donors (Lipinski definition) is 2. The molecule has 0 aliphatic carbocycles. The van der Waals surface area contributed by atoms with Crippen molar-refractivity contribution in [2.45, 2.75) is 25.7 Å². The molecule has 47 heavy (non-hydrogen) atoms. The van der Waals surface area contributed by atoms with Crippen molar-refractivity contribution in [3.05, 3.63) is 59.5 Å². The fraction of sp³-hybridized carbons (Fsp3) is 0.441. The molecule has 13 heteroatoms. The SMILES string of the molecule is COc1cc(N2CCC3(CCN(CCF)CC3)CC2)c(-c2cnn(C)c2)cc1Nc1ncc(Br)c(Nc2ccccc2P(C)(C)=O)n1. The molecule has 2 aromatic heterocycles. The second-order valence-electron chi connectivity index (χ2n) is 13.0. The van der Waals surface area contributed by atoms with Gasteiger partial charge in [0.25, 0.3) is 0 Å². The molecule has 2 aromatic carbocycles. The zero-order valence-corrected chi connectivity index (χ0v) is 30.0. The fourth-order valence-corrected chi connectivity index (χ4v) is 8.24. The molecule has 0 unspecified atom stereocenters. The van der Waals surface area contributed by atoms with Gasteiger partial charge in [0.15, 0.2) is 0 Å². The Morgan fingerprint density at radius 2 is 1.74 bits per heavy atom. The molecule has 1 spiro atoms. The highest BCUT2D eigenvalue weighted by Crippen LogP contribution is 2.46. The first-order chi connectivity index (χ1) is 22.6. The molecule has 0 bridgehead atoms. The summed E-state index contributed by atoms with van der Waals surface area (Å²) in [6, 6.07) is 11.8. The van der Waals surface area contributed by atoms with Crippen molar-refractivity contribution in [3.63, 3.8) is 0 Å². The van der Waals surface area contributed by atoms with Crippen molar-refractivity contribution < 1.29 is 13.7 Å². The van der Waals surface area contributed by atoms with Crippen LogP contribution >= 0.6 is 23.1 Å². The van der Waals surface area contributed by atoms with E-state index in [1.807, 2.05) is 48.4 Å². The Bertz CT molecular complexity index is 1760. The van der Waals surface area contributed by atoms with Gasteiger partial charge in [-0.05, 0) is 91.6 Å². The van der Waals surface area contributed by atoms with Crippen molar-refractivity contribution in [2.24, 2.45) is 12.5 Å². The first-order valence-corrected chi connectivity index (χ1v) is 19.4. The van der Waals surface area contributed by atoms with E-state index in [4.69, 9.17) is 9.72 Å². The van der Waals surface area contributed by atoms with Crippen LogP contribution in [0.2, 0.25) is 0 Å². The third-order valence-corrected chi connectivity index (χ3v) is 11.7. The van der Waals surface area contributed by atoms with Crippen LogP contribution in [-0.4, -0.2) is 84.5 Å². The van der Waals surface area contributed by atoms with Gasteiger partial charge in [-0.1, -0.05) is 12.1 Å². The average Bonchev–Trinajstić information content (AvgIpc) is 3.50. The smallest absolute Gasteiger partial charge is 0.229 e. The number of rotatable bonds is 10. The molecule has 6 rings (SSSR count). The summed E-state index contributed by atoms with van der Waals surface area (Å²) in [5, 5.41) is 12.0. The highest BCUT2D eigenvalue weighted by Gasteiger charge is 2.38. The number of alkyl halides is 1. The van der Waals surface area contributed by atoms with Gasteiger partial charge in [-0.25, -0.2) is 9.37 Å². The highest BCUT2D eigenvalue weighted by molar-refractivity contribution is 9.10. The number of nitrogens with one attached hydrogen (secondary N) is 2. The number of benzene rings is 2. The number of ether oxygens (including phenoxy) is 1. The first kappa shape index (κ1) is 33.4. The van der Waals surface area contributed by atoms with Crippen molar-refractivity contribution in [3.8, 4) is 16.9 Å². The van der Waals surface area contributed by atoms with E-state index in [1.54, 1.807) is 26.6 Å². The number of aromatic nitrogens is 4. The molecule has 4 heterocycles. The summed E-state index contributed by atoms with van der Waals surface area (Å²) in [4.78, 5) is 14.0. The molecule has 0 atom stereocenters. The number of piperidine rings is 2. The van der Waals surface area contributed by atoms with Gasteiger partial charge in [-0.15, -0.1) is 0 Å². The quantitative estimate of drug-likeness (QED) is 0.167. The third-order valence-electron chi connectivity index (χ3n) is 9.54. The Morgan fingerprint density at radius 1 is 1.02 bits per heavy atom. The number of halogens is 2. The number of likely N-dealkylation sites (tertiary alicyclic amines) is 1. The Balaban J connectivity index is 1.28. The summed E-state index contributed by atoms with van der Waals surface area (Å²) < 4.78 is 34.3. The van der Waals surface area contributed by atoms with Gasteiger partial charge in [0.1, 0.15) is 25.4 Å². The predicted octanol–water partition coefficient (Wildman–Crippen LogP) is 7.04. The lowest BCUT2D eigenvalue weighted by atomic mass is 9.71. The third kappa shape index (κ3) is 7.50. The van der Waals surface area contributed by atoms with E-state index < -0.39 is 7.14 Å². The van der Waals surface area contributed by atoms with E-state index in [1.165, 1.54) is 0 Å². The van der Waals surface area contributed by atoms with E-state index in [9.17, 15) is 8.96 Å². The molecule has 2 fully saturated rings. The molecule has 2 saturated heterocycles. The minimum Gasteiger partial charge on any atom is -0.494 e.